The quantitative estimate of drug-likeness (QED) is 0.502. The van der Waals surface area contributed by atoms with Crippen LogP contribution < -0.4 is 0 Å². The second-order valence-corrected chi connectivity index (χ2v) is 11.1. The molecule has 0 radical (unpaired) electrons. The monoisotopic (exact) mass is 392 g/mol. The Bertz CT molecular complexity index is 225. The molecule has 0 saturated carbocycles. The average molecular weight is 395 g/mol. The lowest BCUT2D eigenvalue weighted by Gasteiger charge is -2.13. The lowest BCUT2D eigenvalue weighted by molar-refractivity contribution is 0.540. The van der Waals surface area contributed by atoms with Crippen LogP contribution in [0.3, 0.4) is 0 Å². The van der Waals surface area contributed by atoms with Crippen molar-refractivity contribution in [1.29, 1.82) is 0 Å². The van der Waals surface area contributed by atoms with Crippen LogP contribution in [0.5, 0.6) is 0 Å². The predicted molar refractivity (Wildman–Crippen MR) is 62.7 cm³/mol. The number of hydrogen-bond donors (Lipinski definition) is 0. The molecule has 0 aromatic carbocycles. The van der Waals surface area contributed by atoms with Gasteiger partial charge in [0.1, 0.15) is 0 Å². The van der Waals surface area contributed by atoms with Crippen molar-refractivity contribution in [2.24, 2.45) is 0 Å². The van der Waals surface area contributed by atoms with Crippen molar-refractivity contribution in [1.82, 2.24) is 4.98 Å². The molecule has 1 unspecified atom stereocenters. The van der Waals surface area contributed by atoms with Crippen LogP contribution >= 0.6 is 47.8 Å². The van der Waals surface area contributed by atoms with Gasteiger partial charge in [0.05, 0.1) is 0 Å². The van der Waals surface area contributed by atoms with Crippen molar-refractivity contribution in [3.05, 3.63) is 30.6 Å². The molecule has 74 valence electrons. The molecule has 0 fully saturated rings. The van der Waals surface area contributed by atoms with Crippen LogP contribution in [0.4, 0.5) is 0 Å². The van der Waals surface area contributed by atoms with Gasteiger partial charge in [-0.05, 0) is 71.0 Å². The molecule has 3 nitrogen and oxygen atoms in total. The summed E-state index contributed by atoms with van der Waals surface area (Å²) in [5.74, 6) is 0. The molecule has 0 bridgehead atoms. The predicted octanol–water partition coefficient (Wildman–Crippen LogP) is 2.74. The summed E-state index contributed by atoms with van der Waals surface area (Å²) >= 11 is 6.11. The van der Waals surface area contributed by atoms with Crippen molar-refractivity contribution in [2.45, 2.75) is 1.47 Å². The van der Waals surface area contributed by atoms with Crippen molar-refractivity contribution >= 4 is 58.9 Å². The molecule has 1 heterocycles. The topological polar surface area (TPSA) is 53.0 Å². The Morgan fingerprint density at radius 2 is 1.54 bits per heavy atom. The first-order valence-electron chi connectivity index (χ1n) is 2.95. The fraction of sp³-hybridized carbons (Fsp3) is 0.167. The second kappa shape index (κ2) is 7.05. The van der Waals surface area contributed by atoms with E-state index in [1.165, 1.54) is 0 Å². The molecule has 1 aromatic rings. The van der Waals surface area contributed by atoms with E-state index in [-0.39, 0.29) is 0 Å². The molecule has 0 aliphatic carbocycles. The molecule has 0 amide bonds. The number of halogens is 3. The minimum Gasteiger partial charge on any atom is -0.770 e. The van der Waals surface area contributed by atoms with Crippen molar-refractivity contribution in [3.8, 4) is 0 Å². The van der Waals surface area contributed by atoms with Gasteiger partial charge in [0.25, 0.3) is 0 Å². The van der Waals surface area contributed by atoms with E-state index in [0.717, 1.165) is 0 Å². The van der Waals surface area contributed by atoms with Crippen LogP contribution in [0, 0.1) is 0 Å². The summed E-state index contributed by atoms with van der Waals surface area (Å²) in [6, 6.07) is 5.72. The first kappa shape index (κ1) is 13.7. The van der Waals surface area contributed by atoms with Crippen LogP contribution in [0.1, 0.15) is 0 Å². The summed E-state index contributed by atoms with van der Waals surface area (Å²) in [5.41, 5.74) is 0. The minimum atomic E-state index is -2.18. The zero-order valence-corrected chi connectivity index (χ0v) is 11.8. The van der Waals surface area contributed by atoms with Crippen molar-refractivity contribution in [3.63, 3.8) is 0 Å². The zero-order chi connectivity index (χ0) is 10.3. The Labute approximate surface area is 104 Å². The number of hydrogen-bond acceptors (Lipinski definition) is 3. The van der Waals surface area contributed by atoms with Gasteiger partial charge in [-0.15, -0.1) is 0 Å². The van der Waals surface area contributed by atoms with E-state index in [1.54, 1.807) is 12.4 Å². The number of alkyl halides is 3. The summed E-state index contributed by atoms with van der Waals surface area (Å²) < 4.78 is 18.6. The van der Waals surface area contributed by atoms with Crippen LogP contribution in [-0.2, 0) is 11.1 Å². The van der Waals surface area contributed by atoms with E-state index in [4.69, 9.17) is 0 Å². The molecular weight excluding hydrogens is 390 g/mol. The van der Waals surface area contributed by atoms with Crippen molar-refractivity contribution in [2.75, 3.05) is 0 Å². The molecule has 0 saturated heterocycles. The third kappa shape index (κ3) is 9.01. The van der Waals surface area contributed by atoms with Gasteiger partial charge < -0.3 is 4.55 Å². The highest BCUT2D eigenvalue weighted by atomic mass is 80.0. The lowest BCUT2D eigenvalue weighted by atomic mass is 10.5. The lowest BCUT2D eigenvalue weighted by Crippen LogP contribution is -2.07. The van der Waals surface area contributed by atoms with Gasteiger partial charge in [0.15, 0.2) is 1.47 Å². The Morgan fingerprint density at radius 3 is 1.62 bits per heavy atom. The fourth-order valence-corrected chi connectivity index (χ4v) is 0.313. The molecule has 0 spiro atoms. The highest BCUT2D eigenvalue weighted by molar-refractivity contribution is 9.42. The maximum Gasteiger partial charge on any atom is 0.195 e. The smallest absolute Gasteiger partial charge is 0.195 e. The summed E-state index contributed by atoms with van der Waals surface area (Å²) in [7, 11) is 0. The van der Waals surface area contributed by atoms with Gasteiger partial charge in [-0.25, -0.2) is 0 Å². The Kier molecular flexibility index (Phi) is 7.43. The number of aromatic nitrogens is 1. The third-order valence-corrected chi connectivity index (χ3v) is 3.51. The second-order valence-electron chi connectivity index (χ2n) is 1.71. The van der Waals surface area contributed by atoms with Crippen molar-refractivity contribution < 1.29 is 8.76 Å². The van der Waals surface area contributed by atoms with Gasteiger partial charge >= 0.3 is 0 Å². The number of nitrogens with zero attached hydrogens (tertiary/aromatic N) is 1. The molecule has 1 aromatic heterocycles. The number of pyridine rings is 1. The van der Waals surface area contributed by atoms with E-state index in [0.29, 0.717) is 0 Å². The van der Waals surface area contributed by atoms with Gasteiger partial charge in [-0.2, -0.15) is 0 Å². The van der Waals surface area contributed by atoms with Crippen LogP contribution in [-0.4, -0.2) is 15.2 Å². The van der Waals surface area contributed by atoms with Gasteiger partial charge in [0.2, 0.25) is 0 Å². The highest BCUT2D eigenvalue weighted by Crippen LogP contribution is 2.35. The summed E-state index contributed by atoms with van der Waals surface area (Å²) in [4.78, 5) is 3.78. The molecule has 1 atom stereocenters. The Balaban J connectivity index is 0.000000223. The molecule has 7 heteroatoms. The molecule has 0 aliphatic rings. The van der Waals surface area contributed by atoms with E-state index in [9.17, 15) is 8.76 Å². The van der Waals surface area contributed by atoms with E-state index >= 15 is 0 Å². The van der Waals surface area contributed by atoms with Crippen LogP contribution in [0.15, 0.2) is 30.6 Å². The summed E-state index contributed by atoms with van der Waals surface area (Å²) in [6.07, 6.45) is 3.50. The maximum atomic E-state index is 9.88. The third-order valence-electron chi connectivity index (χ3n) is 0.755. The fourth-order valence-electron chi connectivity index (χ4n) is 0.313. The van der Waals surface area contributed by atoms with E-state index in [2.05, 4.69) is 52.8 Å². The summed E-state index contributed by atoms with van der Waals surface area (Å²) in [6.45, 7) is 0. The maximum absolute atomic E-state index is 9.88. The highest BCUT2D eigenvalue weighted by Gasteiger charge is 2.17. The zero-order valence-electron chi connectivity index (χ0n) is 6.19. The summed E-state index contributed by atoms with van der Waals surface area (Å²) in [5, 5.41) is 0. The van der Waals surface area contributed by atoms with Crippen LogP contribution in [0.2, 0.25) is 0 Å². The SMILES string of the molecule is O=S([O-])C(Br)(Br)Br.c1ccncc1. The first-order chi connectivity index (χ1) is 5.94. The largest absolute Gasteiger partial charge is 0.770 e. The van der Waals surface area contributed by atoms with Gasteiger partial charge in [-0.1, -0.05) is 6.07 Å². The molecule has 1 rings (SSSR count). The normalized spacial score (nSPS) is 12.6. The Morgan fingerprint density at radius 1 is 1.15 bits per heavy atom. The average Bonchev–Trinajstić information content (AvgIpc) is 2.07. The molecule has 13 heavy (non-hydrogen) atoms. The molecule has 0 aliphatic heterocycles. The standard InChI is InChI=1S/C5H5N.CHBr3O2S/c1-2-4-6-5-3-1;2-1(3,4)7(5)6/h1-5H;(H,5,6)/p-1. The molecular formula is C6H5Br3NO2S-. The van der Waals surface area contributed by atoms with Gasteiger partial charge in [-0.3, -0.25) is 9.19 Å². The van der Waals surface area contributed by atoms with E-state index in [1.807, 2.05) is 18.2 Å². The van der Waals surface area contributed by atoms with E-state index < -0.39 is 12.6 Å². The molecule has 0 N–H and O–H groups in total. The Hall–Kier alpha value is 0.700. The minimum absolute atomic E-state index is 1.15. The number of rotatable bonds is 0. The first-order valence-corrected chi connectivity index (χ1v) is 6.41. The van der Waals surface area contributed by atoms with Crippen LogP contribution in [0.25, 0.3) is 0 Å². The van der Waals surface area contributed by atoms with Gasteiger partial charge in [0, 0.05) is 12.4 Å².